The summed E-state index contributed by atoms with van der Waals surface area (Å²) in [5, 5.41) is 3.59. The van der Waals surface area contributed by atoms with Gasteiger partial charge in [0, 0.05) is 38.0 Å². The third-order valence-electron chi connectivity index (χ3n) is 4.44. The second kappa shape index (κ2) is 7.65. The number of hydrogen-bond donors (Lipinski definition) is 1. The highest BCUT2D eigenvalue weighted by molar-refractivity contribution is 5.53. The summed E-state index contributed by atoms with van der Waals surface area (Å²) in [5.41, 5.74) is 2.75. The molecule has 1 atom stereocenters. The first kappa shape index (κ1) is 15.3. The smallest absolute Gasteiger partial charge is 0.0589 e. The van der Waals surface area contributed by atoms with Gasteiger partial charge in [0.15, 0.2) is 0 Å². The molecule has 2 rings (SSSR count). The molecule has 1 heterocycles. The van der Waals surface area contributed by atoms with Gasteiger partial charge in [0.05, 0.1) is 6.61 Å². The maximum Gasteiger partial charge on any atom is 0.0589 e. The standard InChI is InChI=1S/C17H28N2O/c1-4-15(5-2)19(10-11-20-3)16-12-14-8-6-7-9-17(14)18-13-16/h6-9,15-16,18H,4-5,10-13H2,1-3H3. The summed E-state index contributed by atoms with van der Waals surface area (Å²) in [6.45, 7) is 7.46. The molecule has 0 spiro atoms. The van der Waals surface area contributed by atoms with E-state index in [1.54, 1.807) is 7.11 Å². The van der Waals surface area contributed by atoms with E-state index in [2.05, 4.69) is 48.3 Å². The summed E-state index contributed by atoms with van der Waals surface area (Å²) in [6.07, 6.45) is 3.56. The van der Waals surface area contributed by atoms with E-state index in [0.717, 1.165) is 26.1 Å². The molecular weight excluding hydrogens is 248 g/mol. The summed E-state index contributed by atoms with van der Waals surface area (Å²) in [4.78, 5) is 2.65. The zero-order valence-corrected chi connectivity index (χ0v) is 13.1. The largest absolute Gasteiger partial charge is 0.383 e. The fourth-order valence-corrected chi connectivity index (χ4v) is 3.28. The normalized spacial score (nSPS) is 18.1. The Hall–Kier alpha value is -1.06. The monoisotopic (exact) mass is 276 g/mol. The van der Waals surface area contributed by atoms with E-state index in [-0.39, 0.29) is 0 Å². The third-order valence-corrected chi connectivity index (χ3v) is 4.44. The van der Waals surface area contributed by atoms with Crippen LogP contribution in [0.2, 0.25) is 0 Å². The molecule has 0 aliphatic carbocycles. The van der Waals surface area contributed by atoms with Gasteiger partial charge in [0.2, 0.25) is 0 Å². The molecule has 1 aromatic rings. The van der Waals surface area contributed by atoms with E-state index in [1.807, 2.05) is 0 Å². The van der Waals surface area contributed by atoms with E-state index in [9.17, 15) is 0 Å². The van der Waals surface area contributed by atoms with Gasteiger partial charge in [0.25, 0.3) is 0 Å². The first-order chi connectivity index (χ1) is 9.80. The average Bonchev–Trinajstić information content (AvgIpc) is 2.51. The van der Waals surface area contributed by atoms with Crippen LogP contribution in [-0.4, -0.2) is 43.8 Å². The van der Waals surface area contributed by atoms with Gasteiger partial charge in [-0.3, -0.25) is 4.90 Å². The van der Waals surface area contributed by atoms with Crippen LogP contribution in [-0.2, 0) is 11.2 Å². The van der Waals surface area contributed by atoms with Gasteiger partial charge in [-0.25, -0.2) is 0 Å². The number of fused-ring (bicyclic) bond motifs is 1. The second-order valence-electron chi connectivity index (χ2n) is 5.60. The van der Waals surface area contributed by atoms with Crippen LogP contribution in [0.1, 0.15) is 32.3 Å². The van der Waals surface area contributed by atoms with Gasteiger partial charge in [-0.05, 0) is 30.9 Å². The SMILES string of the molecule is CCC(CC)N(CCOC)C1CNc2ccccc2C1. The topological polar surface area (TPSA) is 24.5 Å². The highest BCUT2D eigenvalue weighted by Crippen LogP contribution is 2.25. The van der Waals surface area contributed by atoms with Gasteiger partial charge in [-0.1, -0.05) is 32.0 Å². The van der Waals surface area contributed by atoms with Gasteiger partial charge >= 0.3 is 0 Å². The maximum atomic E-state index is 5.31. The van der Waals surface area contributed by atoms with E-state index < -0.39 is 0 Å². The Labute approximate surface area is 123 Å². The van der Waals surface area contributed by atoms with Crippen LogP contribution in [0.4, 0.5) is 5.69 Å². The van der Waals surface area contributed by atoms with Crippen molar-refractivity contribution in [3.05, 3.63) is 29.8 Å². The number of benzene rings is 1. The number of rotatable bonds is 7. The lowest BCUT2D eigenvalue weighted by Gasteiger charge is -2.40. The van der Waals surface area contributed by atoms with Crippen molar-refractivity contribution in [3.8, 4) is 0 Å². The molecule has 1 aromatic carbocycles. The molecule has 1 unspecified atom stereocenters. The summed E-state index contributed by atoms with van der Waals surface area (Å²) in [7, 11) is 1.79. The lowest BCUT2D eigenvalue weighted by molar-refractivity contribution is 0.0823. The predicted molar refractivity (Wildman–Crippen MR) is 85.4 cm³/mol. The Kier molecular flexibility index (Phi) is 5.86. The van der Waals surface area contributed by atoms with Crippen molar-refractivity contribution < 1.29 is 4.74 Å². The van der Waals surface area contributed by atoms with E-state index >= 15 is 0 Å². The van der Waals surface area contributed by atoms with Gasteiger partial charge < -0.3 is 10.1 Å². The average molecular weight is 276 g/mol. The fourth-order valence-electron chi connectivity index (χ4n) is 3.28. The van der Waals surface area contributed by atoms with Crippen LogP contribution < -0.4 is 5.32 Å². The molecule has 1 N–H and O–H groups in total. The number of para-hydroxylation sites is 1. The van der Waals surface area contributed by atoms with Crippen molar-refractivity contribution in [2.45, 2.75) is 45.2 Å². The molecule has 3 heteroatoms. The molecule has 20 heavy (non-hydrogen) atoms. The first-order valence-corrected chi connectivity index (χ1v) is 7.86. The van der Waals surface area contributed by atoms with Crippen molar-refractivity contribution >= 4 is 5.69 Å². The molecule has 112 valence electrons. The predicted octanol–water partition coefficient (Wildman–Crippen LogP) is 3.16. The lowest BCUT2D eigenvalue weighted by Crippen LogP contribution is -2.50. The molecule has 0 aromatic heterocycles. The highest BCUT2D eigenvalue weighted by Gasteiger charge is 2.27. The van der Waals surface area contributed by atoms with E-state index in [1.165, 1.54) is 24.1 Å². The summed E-state index contributed by atoms with van der Waals surface area (Å²) in [5.74, 6) is 0. The van der Waals surface area contributed by atoms with Crippen LogP contribution in [0.25, 0.3) is 0 Å². The number of nitrogens with zero attached hydrogens (tertiary/aromatic N) is 1. The highest BCUT2D eigenvalue weighted by atomic mass is 16.5. The minimum Gasteiger partial charge on any atom is -0.383 e. The summed E-state index contributed by atoms with van der Waals surface area (Å²) < 4.78 is 5.31. The van der Waals surface area contributed by atoms with Crippen LogP contribution in [0, 0.1) is 0 Å². The van der Waals surface area contributed by atoms with Gasteiger partial charge in [0.1, 0.15) is 0 Å². The Bertz CT molecular complexity index is 404. The number of anilines is 1. The molecule has 1 aliphatic rings. The van der Waals surface area contributed by atoms with Crippen LogP contribution >= 0.6 is 0 Å². The molecule has 0 fully saturated rings. The molecule has 0 saturated heterocycles. The van der Waals surface area contributed by atoms with Gasteiger partial charge in [-0.2, -0.15) is 0 Å². The lowest BCUT2D eigenvalue weighted by atomic mass is 9.96. The van der Waals surface area contributed by atoms with Crippen molar-refractivity contribution in [2.75, 3.05) is 32.1 Å². The van der Waals surface area contributed by atoms with E-state index in [4.69, 9.17) is 4.74 Å². The first-order valence-electron chi connectivity index (χ1n) is 7.86. The number of methoxy groups -OCH3 is 1. The number of hydrogen-bond acceptors (Lipinski definition) is 3. The van der Waals surface area contributed by atoms with Gasteiger partial charge in [-0.15, -0.1) is 0 Å². The molecule has 3 nitrogen and oxygen atoms in total. The van der Waals surface area contributed by atoms with Crippen LogP contribution in [0.3, 0.4) is 0 Å². The van der Waals surface area contributed by atoms with Crippen molar-refractivity contribution in [1.82, 2.24) is 4.90 Å². The van der Waals surface area contributed by atoms with Crippen molar-refractivity contribution in [3.63, 3.8) is 0 Å². The maximum absolute atomic E-state index is 5.31. The fraction of sp³-hybridized carbons (Fsp3) is 0.647. The molecule has 0 radical (unpaired) electrons. The molecule has 0 amide bonds. The third kappa shape index (κ3) is 3.53. The summed E-state index contributed by atoms with van der Waals surface area (Å²) >= 11 is 0. The molecular formula is C17H28N2O. The Morgan fingerprint density at radius 1 is 1.30 bits per heavy atom. The Balaban J connectivity index is 2.10. The quantitative estimate of drug-likeness (QED) is 0.828. The minimum absolute atomic E-state index is 0.574. The minimum atomic E-state index is 0.574. The summed E-state index contributed by atoms with van der Waals surface area (Å²) in [6, 6.07) is 9.90. The number of nitrogens with one attached hydrogen (secondary N) is 1. The molecule has 0 bridgehead atoms. The zero-order valence-electron chi connectivity index (χ0n) is 13.1. The van der Waals surface area contributed by atoms with E-state index in [0.29, 0.717) is 12.1 Å². The molecule has 0 saturated carbocycles. The van der Waals surface area contributed by atoms with Crippen LogP contribution in [0.15, 0.2) is 24.3 Å². The second-order valence-corrected chi connectivity index (χ2v) is 5.60. The van der Waals surface area contributed by atoms with Crippen molar-refractivity contribution in [1.29, 1.82) is 0 Å². The van der Waals surface area contributed by atoms with Crippen LogP contribution in [0.5, 0.6) is 0 Å². The Morgan fingerprint density at radius 2 is 2.05 bits per heavy atom. The number of ether oxygens (including phenoxy) is 1. The molecule has 1 aliphatic heterocycles. The zero-order chi connectivity index (χ0) is 14.4. The Morgan fingerprint density at radius 3 is 2.75 bits per heavy atom. The van der Waals surface area contributed by atoms with Crippen molar-refractivity contribution in [2.24, 2.45) is 0 Å².